The molecule has 302 valence electrons. The van der Waals surface area contributed by atoms with Crippen molar-refractivity contribution in [2.45, 2.75) is 19.3 Å². The second-order valence-electron chi connectivity index (χ2n) is 17.7. The van der Waals surface area contributed by atoms with Gasteiger partial charge in [0.1, 0.15) is 22.3 Å². The highest BCUT2D eigenvalue weighted by molar-refractivity contribution is 6.10. The lowest BCUT2D eigenvalue weighted by molar-refractivity contribution is 0.660. The average molecular weight is 820 g/mol. The van der Waals surface area contributed by atoms with Crippen molar-refractivity contribution in [1.82, 2.24) is 0 Å². The van der Waals surface area contributed by atoms with E-state index in [0.29, 0.717) is 0 Å². The summed E-state index contributed by atoms with van der Waals surface area (Å²) in [4.78, 5) is 2.40. The van der Waals surface area contributed by atoms with Crippen LogP contribution in [-0.2, 0) is 5.41 Å². The minimum Gasteiger partial charge on any atom is -0.456 e. The molecule has 0 saturated heterocycles. The van der Waals surface area contributed by atoms with Crippen LogP contribution < -0.4 is 4.90 Å². The molecule has 0 amide bonds. The first-order valence-corrected chi connectivity index (χ1v) is 22.1. The highest BCUT2D eigenvalue weighted by Gasteiger charge is 2.36. The Kier molecular flexibility index (Phi) is 7.95. The minimum absolute atomic E-state index is 0.248. The van der Waals surface area contributed by atoms with Gasteiger partial charge >= 0.3 is 0 Å². The quantitative estimate of drug-likeness (QED) is 0.167. The summed E-state index contributed by atoms with van der Waals surface area (Å²) in [6, 6.07) is 76.8. The number of nitrogens with zero attached hydrogens (tertiary/aromatic N) is 1. The van der Waals surface area contributed by atoms with Crippen molar-refractivity contribution in [1.29, 1.82) is 0 Å². The molecule has 0 saturated carbocycles. The van der Waals surface area contributed by atoms with Gasteiger partial charge in [-0.3, -0.25) is 0 Å². The van der Waals surface area contributed by atoms with Gasteiger partial charge in [0, 0.05) is 49.6 Å². The van der Waals surface area contributed by atoms with E-state index in [1.54, 1.807) is 0 Å². The lowest BCUT2D eigenvalue weighted by Gasteiger charge is -2.28. The Morgan fingerprint density at radius 3 is 1.64 bits per heavy atom. The molecule has 0 aliphatic heterocycles. The number of rotatable bonds is 6. The summed E-state index contributed by atoms with van der Waals surface area (Å²) in [5, 5.41) is 7.05. The van der Waals surface area contributed by atoms with Crippen LogP contribution in [0.2, 0.25) is 0 Å². The van der Waals surface area contributed by atoms with Crippen LogP contribution in [0.3, 0.4) is 0 Å². The highest BCUT2D eigenvalue weighted by Crippen LogP contribution is 2.52. The average Bonchev–Trinajstić information content (AvgIpc) is 3.99. The Hall–Kier alpha value is -8.14. The standard InChI is InChI=1S/C61H41NO2/c1-61(2)55-36-42(48-17-10-18-53-51-14-5-8-20-58(51)64-60(48)53)25-32-49(55)50-33-31-45(37-56(50)61)62(44-29-23-40(24-30-44)47-16-9-12-39-11-3-4-13-46(39)47)43-27-21-38(22-28-43)41-26-34-59-54(35-41)52-15-6-7-19-57(52)63-59/h3-37H,1-2H3. The van der Waals surface area contributed by atoms with E-state index >= 15 is 0 Å². The lowest BCUT2D eigenvalue weighted by Crippen LogP contribution is -2.16. The third kappa shape index (κ3) is 5.60. The van der Waals surface area contributed by atoms with E-state index in [0.717, 1.165) is 83.2 Å². The number of hydrogen-bond acceptors (Lipinski definition) is 3. The van der Waals surface area contributed by atoms with Crippen LogP contribution in [0.4, 0.5) is 17.1 Å². The van der Waals surface area contributed by atoms with Crippen molar-refractivity contribution in [2.24, 2.45) is 0 Å². The van der Waals surface area contributed by atoms with E-state index in [1.165, 1.54) is 44.2 Å². The summed E-state index contributed by atoms with van der Waals surface area (Å²) >= 11 is 0. The fourth-order valence-electron chi connectivity index (χ4n) is 10.4. The van der Waals surface area contributed by atoms with Crippen LogP contribution in [0.25, 0.3) is 99.2 Å². The lowest BCUT2D eigenvalue weighted by atomic mass is 9.81. The molecule has 0 spiro atoms. The van der Waals surface area contributed by atoms with Gasteiger partial charge in [-0.1, -0.05) is 159 Å². The second kappa shape index (κ2) is 13.9. The number of hydrogen-bond donors (Lipinski definition) is 0. The Balaban J connectivity index is 0.907. The molecule has 0 atom stereocenters. The normalized spacial score (nSPS) is 13.0. The molecule has 3 nitrogen and oxygen atoms in total. The maximum absolute atomic E-state index is 6.50. The Morgan fingerprint density at radius 1 is 0.328 bits per heavy atom. The zero-order chi connectivity index (χ0) is 42.5. The molecule has 0 fully saturated rings. The molecule has 2 aromatic heterocycles. The molecule has 13 rings (SSSR count). The van der Waals surface area contributed by atoms with Crippen LogP contribution in [-0.4, -0.2) is 0 Å². The number of anilines is 3. The van der Waals surface area contributed by atoms with Gasteiger partial charge in [0.2, 0.25) is 0 Å². The molecule has 12 aromatic rings. The predicted molar refractivity (Wildman–Crippen MR) is 267 cm³/mol. The first-order valence-electron chi connectivity index (χ1n) is 22.1. The Labute approximate surface area is 371 Å². The van der Waals surface area contributed by atoms with Crippen molar-refractivity contribution in [2.75, 3.05) is 4.90 Å². The summed E-state index contributed by atoms with van der Waals surface area (Å²) in [6.45, 7) is 4.73. The van der Waals surface area contributed by atoms with Crippen molar-refractivity contribution < 1.29 is 8.83 Å². The fraction of sp³-hybridized carbons (Fsp3) is 0.0492. The first kappa shape index (κ1) is 36.5. The molecule has 2 heterocycles. The van der Waals surface area contributed by atoms with E-state index in [1.807, 2.05) is 18.2 Å². The smallest absolute Gasteiger partial charge is 0.143 e. The van der Waals surface area contributed by atoms with Crippen molar-refractivity contribution in [3.63, 3.8) is 0 Å². The summed E-state index contributed by atoms with van der Waals surface area (Å²) < 4.78 is 12.7. The molecule has 0 bridgehead atoms. The van der Waals surface area contributed by atoms with E-state index in [4.69, 9.17) is 8.83 Å². The molecular weight excluding hydrogens is 779 g/mol. The number of benzene rings is 10. The topological polar surface area (TPSA) is 29.5 Å². The van der Waals surface area contributed by atoms with Gasteiger partial charge in [0.15, 0.2) is 0 Å². The van der Waals surface area contributed by atoms with Gasteiger partial charge in [0.05, 0.1) is 0 Å². The molecule has 64 heavy (non-hydrogen) atoms. The largest absolute Gasteiger partial charge is 0.456 e. The maximum atomic E-state index is 6.50. The van der Waals surface area contributed by atoms with Crippen LogP contribution in [0.1, 0.15) is 25.0 Å². The summed E-state index contributed by atoms with van der Waals surface area (Å²) in [5.74, 6) is 0. The predicted octanol–water partition coefficient (Wildman–Crippen LogP) is 17.4. The van der Waals surface area contributed by atoms with Crippen LogP contribution in [0, 0.1) is 0 Å². The van der Waals surface area contributed by atoms with Gasteiger partial charge in [-0.2, -0.15) is 0 Å². The SMILES string of the molecule is CC1(C)c2cc(-c3cccc4c3oc3ccccc34)ccc2-c2ccc(N(c3ccc(-c4ccc5oc6ccccc6c5c4)cc3)c3ccc(-c4cccc5ccccc45)cc3)cc21. The molecule has 3 heteroatoms. The van der Waals surface area contributed by atoms with Gasteiger partial charge in [-0.05, 0) is 128 Å². The van der Waals surface area contributed by atoms with E-state index in [2.05, 4.69) is 213 Å². The molecular formula is C61H41NO2. The van der Waals surface area contributed by atoms with E-state index in [9.17, 15) is 0 Å². The molecule has 0 unspecified atom stereocenters. The summed E-state index contributed by atoms with van der Waals surface area (Å²) in [6.07, 6.45) is 0. The Morgan fingerprint density at radius 2 is 0.859 bits per heavy atom. The van der Waals surface area contributed by atoms with Crippen molar-refractivity contribution in [3.8, 4) is 44.5 Å². The monoisotopic (exact) mass is 819 g/mol. The zero-order valence-electron chi connectivity index (χ0n) is 35.5. The third-order valence-corrected chi connectivity index (χ3v) is 13.7. The van der Waals surface area contributed by atoms with Crippen molar-refractivity contribution in [3.05, 3.63) is 223 Å². The second-order valence-corrected chi connectivity index (χ2v) is 17.7. The fourth-order valence-corrected chi connectivity index (χ4v) is 10.4. The van der Waals surface area contributed by atoms with Crippen LogP contribution in [0.15, 0.2) is 221 Å². The molecule has 0 radical (unpaired) electrons. The summed E-state index contributed by atoms with van der Waals surface area (Å²) in [5.41, 5.74) is 18.9. The minimum atomic E-state index is -0.248. The molecule has 1 aliphatic rings. The van der Waals surface area contributed by atoms with Gasteiger partial charge < -0.3 is 13.7 Å². The molecule has 1 aliphatic carbocycles. The third-order valence-electron chi connectivity index (χ3n) is 13.7. The van der Waals surface area contributed by atoms with Crippen LogP contribution >= 0.6 is 0 Å². The van der Waals surface area contributed by atoms with Gasteiger partial charge in [-0.15, -0.1) is 0 Å². The van der Waals surface area contributed by atoms with Gasteiger partial charge in [-0.25, -0.2) is 0 Å². The number of furan rings is 2. The zero-order valence-corrected chi connectivity index (χ0v) is 35.5. The molecule has 10 aromatic carbocycles. The highest BCUT2D eigenvalue weighted by atomic mass is 16.3. The molecule has 0 N–H and O–H groups in total. The number of para-hydroxylation sites is 3. The maximum Gasteiger partial charge on any atom is 0.143 e. The summed E-state index contributed by atoms with van der Waals surface area (Å²) in [7, 11) is 0. The number of fused-ring (bicyclic) bond motifs is 10. The van der Waals surface area contributed by atoms with E-state index in [-0.39, 0.29) is 5.41 Å². The van der Waals surface area contributed by atoms with Gasteiger partial charge in [0.25, 0.3) is 0 Å². The van der Waals surface area contributed by atoms with E-state index < -0.39 is 0 Å². The Bertz CT molecular complexity index is 3810. The van der Waals surface area contributed by atoms with Crippen molar-refractivity contribution >= 4 is 71.7 Å². The first-order chi connectivity index (χ1) is 31.5. The van der Waals surface area contributed by atoms with Crippen LogP contribution in [0.5, 0.6) is 0 Å².